The molecule has 0 bridgehead atoms. The van der Waals surface area contributed by atoms with Crippen LogP contribution in [0.2, 0.25) is 0 Å². The number of benzene rings is 1. The fourth-order valence-electron chi connectivity index (χ4n) is 1.85. The van der Waals surface area contributed by atoms with Crippen molar-refractivity contribution in [2.24, 2.45) is 0 Å². The summed E-state index contributed by atoms with van der Waals surface area (Å²) in [7, 11) is 1.65. The lowest BCUT2D eigenvalue weighted by Crippen LogP contribution is -2.05. The normalized spacial score (nSPS) is 10.4. The fourth-order valence-corrected chi connectivity index (χ4v) is 1.85. The van der Waals surface area contributed by atoms with E-state index in [1.807, 2.05) is 37.3 Å². The minimum atomic E-state index is 0.507. The number of anilines is 1. The number of rotatable bonds is 5. The van der Waals surface area contributed by atoms with Crippen LogP contribution >= 0.6 is 0 Å². The zero-order valence-corrected chi connectivity index (χ0v) is 11.2. The minimum absolute atomic E-state index is 0.507. The topological polar surface area (TPSA) is 57.4 Å². The Kier molecular flexibility index (Phi) is 4.36. The van der Waals surface area contributed by atoms with Crippen LogP contribution in [0.1, 0.15) is 5.56 Å². The molecule has 2 aromatic rings. The number of nitrogen functional groups attached to an aromatic ring is 1. The van der Waals surface area contributed by atoms with E-state index in [0.29, 0.717) is 19.0 Å². The molecular weight excluding hydrogens is 240 g/mol. The molecule has 0 atom stereocenters. The van der Waals surface area contributed by atoms with Crippen LogP contribution in [-0.2, 0) is 4.74 Å². The summed E-state index contributed by atoms with van der Waals surface area (Å²) in [6.45, 7) is 3.05. The molecule has 0 aliphatic carbocycles. The van der Waals surface area contributed by atoms with E-state index in [1.54, 1.807) is 13.3 Å². The Balaban J connectivity index is 2.35. The summed E-state index contributed by atoms with van der Waals surface area (Å²) in [5.74, 6) is 1.30. The first kappa shape index (κ1) is 13.4. The highest BCUT2D eigenvalue weighted by Gasteiger charge is 2.10. The maximum absolute atomic E-state index is 5.95. The van der Waals surface area contributed by atoms with Gasteiger partial charge in [-0.3, -0.25) is 0 Å². The second-order valence-corrected chi connectivity index (χ2v) is 4.28. The van der Waals surface area contributed by atoms with Gasteiger partial charge >= 0.3 is 0 Å². The highest BCUT2D eigenvalue weighted by molar-refractivity contribution is 5.78. The Bertz CT molecular complexity index is 556. The van der Waals surface area contributed by atoms with E-state index in [1.165, 1.54) is 0 Å². The molecule has 2 rings (SSSR count). The highest BCUT2D eigenvalue weighted by atomic mass is 16.5. The largest absolute Gasteiger partial charge is 0.491 e. The van der Waals surface area contributed by atoms with Crippen LogP contribution in [0.25, 0.3) is 11.1 Å². The van der Waals surface area contributed by atoms with E-state index >= 15 is 0 Å². The van der Waals surface area contributed by atoms with E-state index < -0.39 is 0 Å². The van der Waals surface area contributed by atoms with Crippen molar-refractivity contribution in [2.45, 2.75) is 6.92 Å². The second-order valence-electron chi connectivity index (χ2n) is 4.28. The molecule has 2 N–H and O–H groups in total. The van der Waals surface area contributed by atoms with Crippen LogP contribution in [0.15, 0.2) is 36.5 Å². The number of nitrogens with zero attached hydrogens (tertiary/aromatic N) is 1. The monoisotopic (exact) mass is 258 g/mol. The van der Waals surface area contributed by atoms with E-state index in [4.69, 9.17) is 15.2 Å². The van der Waals surface area contributed by atoms with Gasteiger partial charge in [0.15, 0.2) is 0 Å². The molecule has 0 saturated carbocycles. The van der Waals surface area contributed by atoms with Gasteiger partial charge in [-0.15, -0.1) is 0 Å². The molecule has 1 aromatic heterocycles. The smallest absolute Gasteiger partial charge is 0.131 e. The van der Waals surface area contributed by atoms with Crippen molar-refractivity contribution in [2.75, 3.05) is 26.1 Å². The molecule has 0 spiro atoms. The number of pyridine rings is 1. The maximum atomic E-state index is 5.95. The summed E-state index contributed by atoms with van der Waals surface area (Å²) in [5, 5.41) is 0. The Morgan fingerprint density at radius 2 is 1.95 bits per heavy atom. The first-order valence-corrected chi connectivity index (χ1v) is 6.15. The van der Waals surface area contributed by atoms with Gasteiger partial charge in [-0.1, -0.05) is 18.2 Å². The van der Waals surface area contributed by atoms with Gasteiger partial charge in [0.2, 0.25) is 0 Å². The Labute approximate surface area is 113 Å². The summed E-state index contributed by atoms with van der Waals surface area (Å²) in [6, 6.07) is 9.81. The van der Waals surface area contributed by atoms with Gasteiger partial charge < -0.3 is 15.2 Å². The number of nitrogens with two attached hydrogens (primary N) is 1. The lowest BCUT2D eigenvalue weighted by molar-refractivity contribution is 0.146. The lowest BCUT2D eigenvalue weighted by atomic mass is 10.0. The number of hydrogen-bond donors (Lipinski definition) is 1. The Morgan fingerprint density at radius 3 is 2.74 bits per heavy atom. The maximum Gasteiger partial charge on any atom is 0.131 e. The van der Waals surface area contributed by atoms with E-state index in [-0.39, 0.29) is 0 Å². The molecule has 1 aromatic carbocycles. The summed E-state index contributed by atoms with van der Waals surface area (Å²) in [4.78, 5) is 4.19. The first-order valence-electron chi connectivity index (χ1n) is 6.15. The molecule has 0 unspecified atom stereocenters. The van der Waals surface area contributed by atoms with Gasteiger partial charge in [0.1, 0.15) is 18.2 Å². The summed E-state index contributed by atoms with van der Waals surface area (Å²) < 4.78 is 10.7. The zero-order chi connectivity index (χ0) is 13.7. The predicted octanol–water partition coefficient (Wildman–Crippen LogP) is 2.66. The number of aryl methyl sites for hydroxylation is 1. The van der Waals surface area contributed by atoms with Crippen LogP contribution in [0.5, 0.6) is 5.75 Å². The lowest BCUT2D eigenvalue weighted by Gasteiger charge is -2.13. The van der Waals surface area contributed by atoms with Crippen LogP contribution in [0.3, 0.4) is 0 Å². The summed E-state index contributed by atoms with van der Waals surface area (Å²) in [5.41, 5.74) is 8.87. The van der Waals surface area contributed by atoms with Crippen molar-refractivity contribution in [3.8, 4) is 16.9 Å². The molecule has 4 nitrogen and oxygen atoms in total. The van der Waals surface area contributed by atoms with Gasteiger partial charge in [0, 0.05) is 24.4 Å². The highest BCUT2D eigenvalue weighted by Crippen LogP contribution is 2.33. The van der Waals surface area contributed by atoms with Crippen molar-refractivity contribution in [1.29, 1.82) is 0 Å². The van der Waals surface area contributed by atoms with Gasteiger partial charge in [0.25, 0.3) is 0 Å². The van der Waals surface area contributed by atoms with Crippen LogP contribution in [0.4, 0.5) is 5.82 Å². The van der Waals surface area contributed by atoms with Crippen molar-refractivity contribution in [3.63, 3.8) is 0 Å². The summed E-state index contributed by atoms with van der Waals surface area (Å²) >= 11 is 0. The van der Waals surface area contributed by atoms with Crippen molar-refractivity contribution >= 4 is 5.82 Å². The number of methoxy groups -OCH3 is 1. The first-order chi connectivity index (χ1) is 9.22. The third-order valence-electron chi connectivity index (χ3n) is 2.78. The molecule has 0 amide bonds. The van der Waals surface area contributed by atoms with Gasteiger partial charge in [-0.05, 0) is 24.6 Å². The molecular formula is C15H18N2O2. The van der Waals surface area contributed by atoms with Crippen LogP contribution in [-0.4, -0.2) is 25.3 Å². The Hall–Kier alpha value is -2.07. The van der Waals surface area contributed by atoms with E-state index in [2.05, 4.69) is 4.98 Å². The molecule has 0 aliphatic heterocycles. The molecule has 0 fully saturated rings. The quantitative estimate of drug-likeness (QED) is 0.838. The molecule has 4 heteroatoms. The van der Waals surface area contributed by atoms with E-state index in [0.717, 1.165) is 22.4 Å². The third kappa shape index (κ3) is 3.23. The average Bonchev–Trinajstić information content (AvgIpc) is 2.42. The number of para-hydroxylation sites is 1. The predicted molar refractivity (Wildman–Crippen MR) is 76.2 cm³/mol. The molecule has 19 heavy (non-hydrogen) atoms. The second kappa shape index (κ2) is 6.20. The molecule has 0 saturated heterocycles. The van der Waals surface area contributed by atoms with Gasteiger partial charge in [-0.2, -0.15) is 0 Å². The standard InChI is InChI=1S/C15H18N2O2/c1-11-9-13(15(16)17-10-11)12-5-3-4-6-14(12)19-8-7-18-2/h3-6,9-10H,7-8H2,1-2H3,(H2,16,17). The van der Waals surface area contributed by atoms with Crippen LogP contribution < -0.4 is 10.5 Å². The third-order valence-corrected chi connectivity index (χ3v) is 2.78. The average molecular weight is 258 g/mol. The SMILES string of the molecule is COCCOc1ccccc1-c1cc(C)cnc1N. The van der Waals surface area contributed by atoms with E-state index in [9.17, 15) is 0 Å². The van der Waals surface area contributed by atoms with Crippen molar-refractivity contribution in [1.82, 2.24) is 4.98 Å². The number of aromatic nitrogens is 1. The van der Waals surface area contributed by atoms with Crippen molar-refractivity contribution in [3.05, 3.63) is 42.1 Å². The molecule has 1 heterocycles. The molecule has 100 valence electrons. The minimum Gasteiger partial charge on any atom is -0.491 e. The number of ether oxygens (including phenoxy) is 2. The van der Waals surface area contributed by atoms with Gasteiger partial charge in [-0.25, -0.2) is 4.98 Å². The Morgan fingerprint density at radius 1 is 1.16 bits per heavy atom. The van der Waals surface area contributed by atoms with Crippen LogP contribution in [0, 0.1) is 6.92 Å². The fraction of sp³-hybridized carbons (Fsp3) is 0.267. The summed E-state index contributed by atoms with van der Waals surface area (Å²) in [6.07, 6.45) is 1.76. The zero-order valence-electron chi connectivity index (χ0n) is 11.2. The van der Waals surface area contributed by atoms with Crippen molar-refractivity contribution < 1.29 is 9.47 Å². The van der Waals surface area contributed by atoms with Gasteiger partial charge in [0.05, 0.1) is 6.61 Å². The number of hydrogen-bond acceptors (Lipinski definition) is 4. The molecule has 0 radical (unpaired) electrons. The molecule has 0 aliphatic rings.